The van der Waals surface area contributed by atoms with E-state index in [2.05, 4.69) is 4.74 Å². The van der Waals surface area contributed by atoms with Crippen LogP contribution >= 0.6 is 0 Å². The molecule has 0 rings (SSSR count). The van der Waals surface area contributed by atoms with Crippen molar-refractivity contribution < 1.29 is 27.9 Å². The van der Waals surface area contributed by atoms with E-state index >= 15 is 0 Å². The van der Waals surface area contributed by atoms with Gasteiger partial charge in [-0.15, -0.1) is 0 Å². The molecule has 0 aliphatic heterocycles. The van der Waals surface area contributed by atoms with Gasteiger partial charge < -0.3 is 9.84 Å². The number of hydrogen-bond donors (Lipinski definition) is 3. The second-order valence-electron chi connectivity index (χ2n) is 3.25. The molecule has 1 amide bonds. The van der Waals surface area contributed by atoms with Gasteiger partial charge in [-0.3, -0.25) is 4.79 Å². The molecule has 0 saturated heterocycles. The SMILES string of the molecule is CCCC[C@H](NS(=O)(=O)NC(=O)OC)C(=O)O. The topological polar surface area (TPSA) is 122 Å². The van der Waals surface area contributed by atoms with Crippen molar-refractivity contribution in [3.63, 3.8) is 0 Å². The maximum absolute atomic E-state index is 11.3. The summed E-state index contributed by atoms with van der Waals surface area (Å²) in [5.74, 6) is -1.30. The van der Waals surface area contributed by atoms with Crippen LogP contribution in [-0.4, -0.2) is 38.7 Å². The lowest BCUT2D eigenvalue weighted by Gasteiger charge is -2.14. The maximum atomic E-state index is 11.3. The molecule has 0 unspecified atom stereocenters. The van der Waals surface area contributed by atoms with Crippen LogP contribution in [0.5, 0.6) is 0 Å². The second kappa shape index (κ2) is 7.07. The van der Waals surface area contributed by atoms with Gasteiger partial charge in [-0.2, -0.15) is 13.1 Å². The fraction of sp³-hybridized carbons (Fsp3) is 0.750. The van der Waals surface area contributed by atoms with Gasteiger partial charge in [0.1, 0.15) is 6.04 Å². The van der Waals surface area contributed by atoms with Crippen LogP contribution in [0.1, 0.15) is 26.2 Å². The Balaban J connectivity index is 4.52. The minimum Gasteiger partial charge on any atom is -0.480 e. The monoisotopic (exact) mass is 268 g/mol. The predicted molar refractivity (Wildman–Crippen MR) is 58.5 cm³/mol. The molecule has 100 valence electrons. The first kappa shape index (κ1) is 15.7. The first-order valence-corrected chi connectivity index (χ1v) is 6.41. The van der Waals surface area contributed by atoms with Crippen molar-refractivity contribution in [3.8, 4) is 0 Å². The number of carboxylic acids is 1. The van der Waals surface area contributed by atoms with Gasteiger partial charge in [0, 0.05) is 0 Å². The molecule has 1 atom stereocenters. The molecule has 0 aromatic carbocycles. The van der Waals surface area contributed by atoms with Gasteiger partial charge in [0.15, 0.2) is 0 Å². The Hall–Kier alpha value is -1.35. The quantitative estimate of drug-likeness (QED) is 0.588. The smallest absolute Gasteiger partial charge is 0.421 e. The lowest BCUT2D eigenvalue weighted by molar-refractivity contribution is -0.139. The number of carbonyl (C=O) groups is 2. The number of hydrogen-bond acceptors (Lipinski definition) is 5. The molecule has 0 aliphatic rings. The fourth-order valence-corrected chi connectivity index (χ4v) is 1.96. The first-order valence-electron chi connectivity index (χ1n) is 4.93. The third-order valence-corrected chi connectivity index (χ3v) is 2.88. The highest BCUT2D eigenvalue weighted by Gasteiger charge is 2.24. The van der Waals surface area contributed by atoms with Gasteiger partial charge in [-0.05, 0) is 6.42 Å². The van der Waals surface area contributed by atoms with Crippen molar-refractivity contribution in [2.45, 2.75) is 32.2 Å². The number of rotatable bonds is 7. The summed E-state index contributed by atoms with van der Waals surface area (Å²) in [5.41, 5.74) is 0. The molecule has 8 nitrogen and oxygen atoms in total. The average molecular weight is 268 g/mol. The molecule has 0 aromatic heterocycles. The number of unbranched alkanes of at least 4 members (excludes halogenated alkanes) is 1. The van der Waals surface area contributed by atoms with Crippen LogP contribution in [0.3, 0.4) is 0 Å². The minimum atomic E-state index is -4.22. The Morgan fingerprint density at radius 2 is 2.00 bits per heavy atom. The van der Waals surface area contributed by atoms with Crippen molar-refractivity contribution in [2.75, 3.05) is 7.11 Å². The molecule has 0 saturated carbocycles. The molecule has 0 aromatic rings. The maximum Gasteiger partial charge on any atom is 0.421 e. The summed E-state index contributed by atoms with van der Waals surface area (Å²) in [5, 5.41) is 8.78. The molecule has 0 radical (unpaired) electrons. The van der Waals surface area contributed by atoms with Gasteiger partial charge >= 0.3 is 22.3 Å². The van der Waals surface area contributed by atoms with Crippen molar-refractivity contribution in [1.29, 1.82) is 0 Å². The standard InChI is InChI=1S/C8H16N2O6S/c1-3-4-5-6(7(11)12)9-17(14,15)10-8(13)16-2/h6,9H,3-5H2,1-2H3,(H,10,13)(H,11,12)/t6-/m0/s1. The number of amides is 1. The Labute approximate surface area is 99.5 Å². The summed E-state index contributed by atoms with van der Waals surface area (Å²) in [7, 11) is -3.23. The van der Waals surface area contributed by atoms with Crippen LogP contribution in [0.15, 0.2) is 0 Å². The first-order chi connectivity index (χ1) is 7.82. The minimum absolute atomic E-state index is 0.147. The van der Waals surface area contributed by atoms with Crippen LogP contribution in [0.4, 0.5) is 4.79 Å². The van der Waals surface area contributed by atoms with E-state index in [9.17, 15) is 18.0 Å². The normalized spacial score (nSPS) is 12.8. The molecule has 0 spiro atoms. The van der Waals surface area contributed by atoms with Gasteiger partial charge in [0.25, 0.3) is 0 Å². The van der Waals surface area contributed by atoms with Crippen LogP contribution in [0.2, 0.25) is 0 Å². The van der Waals surface area contributed by atoms with Crippen molar-refractivity contribution in [3.05, 3.63) is 0 Å². The molecular weight excluding hydrogens is 252 g/mol. The Morgan fingerprint density at radius 3 is 2.41 bits per heavy atom. The summed E-state index contributed by atoms with van der Waals surface area (Å²) < 4.78 is 30.0. The van der Waals surface area contributed by atoms with E-state index in [-0.39, 0.29) is 6.42 Å². The van der Waals surface area contributed by atoms with Crippen LogP contribution in [-0.2, 0) is 19.7 Å². The number of methoxy groups -OCH3 is 1. The number of nitrogens with one attached hydrogen (secondary N) is 2. The van der Waals surface area contributed by atoms with Crippen LogP contribution in [0.25, 0.3) is 0 Å². The summed E-state index contributed by atoms with van der Waals surface area (Å²) in [4.78, 5) is 21.5. The van der Waals surface area contributed by atoms with E-state index in [1.165, 1.54) is 4.72 Å². The number of aliphatic carboxylic acids is 1. The van der Waals surface area contributed by atoms with Gasteiger partial charge in [-0.1, -0.05) is 19.8 Å². The molecule has 0 bridgehead atoms. The summed E-state index contributed by atoms with van der Waals surface area (Å²) in [6.45, 7) is 1.85. The van der Waals surface area contributed by atoms with E-state index in [0.717, 1.165) is 13.5 Å². The van der Waals surface area contributed by atoms with Gasteiger partial charge in [0.05, 0.1) is 7.11 Å². The van der Waals surface area contributed by atoms with Gasteiger partial charge in [0.2, 0.25) is 0 Å². The highest BCUT2D eigenvalue weighted by atomic mass is 32.2. The molecule has 0 heterocycles. The molecular formula is C8H16N2O6S. The molecule has 3 N–H and O–H groups in total. The number of carboxylic acid groups (broad SMARTS) is 1. The lowest BCUT2D eigenvalue weighted by atomic mass is 10.1. The molecule has 0 fully saturated rings. The van der Waals surface area contributed by atoms with E-state index in [1.54, 1.807) is 0 Å². The molecule has 17 heavy (non-hydrogen) atoms. The van der Waals surface area contributed by atoms with Crippen molar-refractivity contribution in [1.82, 2.24) is 9.44 Å². The zero-order chi connectivity index (χ0) is 13.5. The average Bonchev–Trinajstić information content (AvgIpc) is 2.22. The second-order valence-corrected chi connectivity index (χ2v) is 4.69. The lowest BCUT2D eigenvalue weighted by Crippen LogP contribution is -2.48. The van der Waals surface area contributed by atoms with Crippen LogP contribution < -0.4 is 9.44 Å². The largest absolute Gasteiger partial charge is 0.480 e. The van der Waals surface area contributed by atoms with Crippen LogP contribution in [0, 0.1) is 0 Å². The van der Waals surface area contributed by atoms with E-state index < -0.39 is 28.3 Å². The summed E-state index contributed by atoms with van der Waals surface area (Å²) in [6.07, 6.45) is 0.249. The van der Waals surface area contributed by atoms with Gasteiger partial charge in [-0.25, -0.2) is 9.52 Å². The van der Waals surface area contributed by atoms with E-state index in [0.29, 0.717) is 6.42 Å². The van der Waals surface area contributed by atoms with Crippen molar-refractivity contribution >= 4 is 22.3 Å². The number of carbonyl (C=O) groups excluding carboxylic acids is 1. The summed E-state index contributed by atoms with van der Waals surface area (Å²) >= 11 is 0. The zero-order valence-corrected chi connectivity index (χ0v) is 10.4. The number of ether oxygens (including phenoxy) is 1. The molecule has 9 heteroatoms. The predicted octanol–water partition coefficient (Wildman–Crippen LogP) is -0.180. The highest BCUT2D eigenvalue weighted by molar-refractivity contribution is 7.88. The highest BCUT2D eigenvalue weighted by Crippen LogP contribution is 2.02. The third kappa shape index (κ3) is 6.74. The Kier molecular flexibility index (Phi) is 6.51. The Bertz CT molecular complexity index is 366. The molecule has 0 aliphatic carbocycles. The summed E-state index contributed by atoms with van der Waals surface area (Å²) in [6, 6.07) is -1.27. The Morgan fingerprint density at radius 1 is 1.41 bits per heavy atom. The fourth-order valence-electron chi connectivity index (χ4n) is 1.01. The van der Waals surface area contributed by atoms with E-state index in [1.807, 2.05) is 11.6 Å². The van der Waals surface area contributed by atoms with E-state index in [4.69, 9.17) is 5.11 Å². The zero-order valence-electron chi connectivity index (χ0n) is 9.60. The third-order valence-electron chi connectivity index (χ3n) is 1.84. The van der Waals surface area contributed by atoms with Crippen molar-refractivity contribution in [2.24, 2.45) is 0 Å².